The summed E-state index contributed by atoms with van der Waals surface area (Å²) < 4.78 is 10.7. The zero-order valence-corrected chi connectivity index (χ0v) is 12.6. The van der Waals surface area contributed by atoms with Crippen molar-refractivity contribution >= 4 is 16.7 Å². The second-order valence-electron chi connectivity index (χ2n) is 4.82. The molecular formula is C20H14O3. The lowest BCUT2D eigenvalue weighted by Gasteiger charge is -2.10. The van der Waals surface area contributed by atoms with Crippen molar-refractivity contribution in [3.8, 4) is 23.3 Å². The van der Waals surface area contributed by atoms with E-state index in [2.05, 4.69) is 11.8 Å². The molecule has 112 valence electrons. The number of carbonyl (C=O) groups excluding carboxylic acids is 1. The topological polar surface area (TPSA) is 35.5 Å². The Kier molecular flexibility index (Phi) is 4.26. The molecular weight excluding hydrogens is 288 g/mol. The number of carbonyl (C=O) groups is 1. The third-order valence-corrected chi connectivity index (χ3v) is 3.34. The van der Waals surface area contributed by atoms with Crippen molar-refractivity contribution in [3.63, 3.8) is 0 Å². The minimum absolute atomic E-state index is 0.387. The number of benzene rings is 3. The Morgan fingerprint density at radius 1 is 0.913 bits per heavy atom. The number of rotatable bonds is 2. The second-order valence-corrected chi connectivity index (χ2v) is 4.82. The fourth-order valence-electron chi connectivity index (χ4n) is 2.25. The Labute approximate surface area is 134 Å². The molecule has 3 nitrogen and oxygen atoms in total. The highest BCUT2D eigenvalue weighted by Crippen LogP contribution is 2.35. The van der Waals surface area contributed by atoms with Crippen molar-refractivity contribution in [3.05, 3.63) is 72.3 Å². The maximum Gasteiger partial charge on any atom is 0.390 e. The maximum absolute atomic E-state index is 12.0. The Balaban J connectivity index is 1.92. The summed E-state index contributed by atoms with van der Waals surface area (Å²) in [4.78, 5) is 12.0. The van der Waals surface area contributed by atoms with Crippen LogP contribution in [-0.4, -0.2) is 13.1 Å². The van der Waals surface area contributed by atoms with Crippen molar-refractivity contribution < 1.29 is 14.3 Å². The molecule has 0 aromatic heterocycles. The summed E-state index contributed by atoms with van der Waals surface area (Å²) in [6.45, 7) is 0. The Hall–Kier alpha value is -3.25. The first-order chi connectivity index (χ1) is 11.3. The Bertz CT molecular complexity index is 902. The molecule has 3 heteroatoms. The summed E-state index contributed by atoms with van der Waals surface area (Å²) in [5.74, 6) is 5.55. The highest BCUT2D eigenvalue weighted by molar-refractivity contribution is 5.97. The van der Waals surface area contributed by atoms with E-state index in [9.17, 15) is 4.79 Å². The van der Waals surface area contributed by atoms with E-state index in [-0.39, 0.29) is 0 Å². The summed E-state index contributed by atoms with van der Waals surface area (Å²) in [7, 11) is 1.54. The van der Waals surface area contributed by atoms with E-state index in [0.29, 0.717) is 11.5 Å². The highest BCUT2D eigenvalue weighted by Gasteiger charge is 2.12. The van der Waals surface area contributed by atoms with E-state index in [1.807, 2.05) is 60.7 Å². The fourth-order valence-corrected chi connectivity index (χ4v) is 2.25. The molecule has 0 saturated carbocycles. The van der Waals surface area contributed by atoms with Crippen molar-refractivity contribution in [2.45, 2.75) is 0 Å². The van der Waals surface area contributed by atoms with Crippen LogP contribution in [-0.2, 0) is 4.79 Å². The lowest BCUT2D eigenvalue weighted by molar-refractivity contribution is -0.128. The lowest BCUT2D eigenvalue weighted by atomic mass is 10.1. The normalized spacial score (nSPS) is 9.78. The SMILES string of the molecule is COc1ccc2ccccc2c1OC(=O)C#Cc1ccccc1. The quantitative estimate of drug-likeness (QED) is 0.410. The van der Waals surface area contributed by atoms with Gasteiger partial charge < -0.3 is 9.47 Å². The van der Waals surface area contributed by atoms with Gasteiger partial charge in [-0.3, -0.25) is 0 Å². The van der Waals surface area contributed by atoms with E-state index in [1.165, 1.54) is 7.11 Å². The molecule has 0 spiro atoms. The van der Waals surface area contributed by atoms with E-state index in [1.54, 1.807) is 6.07 Å². The van der Waals surface area contributed by atoms with E-state index >= 15 is 0 Å². The zero-order chi connectivity index (χ0) is 16.1. The number of ether oxygens (including phenoxy) is 2. The molecule has 0 atom stereocenters. The van der Waals surface area contributed by atoms with Gasteiger partial charge >= 0.3 is 5.97 Å². The summed E-state index contributed by atoms with van der Waals surface area (Å²) in [5.41, 5.74) is 0.759. The van der Waals surface area contributed by atoms with Gasteiger partial charge in [0.05, 0.1) is 7.11 Å². The molecule has 0 heterocycles. The Morgan fingerprint density at radius 2 is 1.65 bits per heavy atom. The van der Waals surface area contributed by atoms with Gasteiger partial charge in [0.2, 0.25) is 0 Å². The molecule has 23 heavy (non-hydrogen) atoms. The average molecular weight is 302 g/mol. The van der Waals surface area contributed by atoms with Crippen molar-refractivity contribution in [2.75, 3.05) is 7.11 Å². The first kappa shape index (κ1) is 14.7. The van der Waals surface area contributed by atoms with Crippen molar-refractivity contribution in [1.29, 1.82) is 0 Å². The molecule has 0 fully saturated rings. The minimum atomic E-state index is -0.622. The fraction of sp³-hybridized carbons (Fsp3) is 0.0500. The first-order valence-corrected chi connectivity index (χ1v) is 7.12. The van der Waals surface area contributed by atoms with Crippen LogP contribution in [0.4, 0.5) is 0 Å². The van der Waals surface area contributed by atoms with Gasteiger partial charge in [0.1, 0.15) is 0 Å². The van der Waals surface area contributed by atoms with Crippen molar-refractivity contribution in [1.82, 2.24) is 0 Å². The molecule has 3 aromatic rings. The van der Waals surface area contributed by atoms with Gasteiger partial charge in [-0.25, -0.2) is 4.79 Å². The molecule has 0 aliphatic heterocycles. The summed E-state index contributed by atoms with van der Waals surface area (Å²) in [5, 5.41) is 1.77. The summed E-state index contributed by atoms with van der Waals surface area (Å²) >= 11 is 0. The largest absolute Gasteiger partial charge is 0.493 e. The summed E-state index contributed by atoms with van der Waals surface area (Å²) in [6, 6.07) is 20.6. The van der Waals surface area contributed by atoms with Crippen LogP contribution in [0.2, 0.25) is 0 Å². The van der Waals surface area contributed by atoms with E-state index in [0.717, 1.165) is 16.3 Å². The predicted molar refractivity (Wildman–Crippen MR) is 89.5 cm³/mol. The van der Waals surface area contributed by atoms with Gasteiger partial charge in [-0.15, -0.1) is 0 Å². The molecule has 0 unspecified atom stereocenters. The number of esters is 1. The molecule has 3 aromatic carbocycles. The molecule has 3 rings (SSSR count). The van der Waals surface area contributed by atoms with Crippen LogP contribution in [0, 0.1) is 11.8 Å². The molecule has 0 bridgehead atoms. The lowest BCUT2D eigenvalue weighted by Crippen LogP contribution is -2.06. The van der Waals surface area contributed by atoms with Crippen molar-refractivity contribution in [2.24, 2.45) is 0 Å². The van der Waals surface area contributed by atoms with Gasteiger partial charge in [-0.2, -0.15) is 0 Å². The van der Waals surface area contributed by atoms with Gasteiger partial charge in [0.25, 0.3) is 0 Å². The number of hydrogen-bond acceptors (Lipinski definition) is 3. The first-order valence-electron chi connectivity index (χ1n) is 7.12. The zero-order valence-electron chi connectivity index (χ0n) is 12.6. The molecule has 0 aliphatic carbocycles. The van der Waals surface area contributed by atoms with Gasteiger partial charge in [-0.05, 0) is 23.6 Å². The smallest absolute Gasteiger partial charge is 0.390 e. The maximum atomic E-state index is 12.0. The highest BCUT2D eigenvalue weighted by atomic mass is 16.6. The molecule has 0 N–H and O–H groups in total. The second kappa shape index (κ2) is 6.67. The monoisotopic (exact) mass is 302 g/mol. The standard InChI is InChI=1S/C20H14O3/c1-22-18-13-12-16-9-5-6-10-17(16)20(18)23-19(21)14-11-15-7-3-2-4-8-15/h2-10,12-13H,1H3. The van der Waals surface area contributed by atoms with Crippen LogP contribution in [0.3, 0.4) is 0 Å². The Morgan fingerprint density at radius 3 is 2.43 bits per heavy atom. The molecule has 0 aliphatic rings. The summed E-state index contributed by atoms with van der Waals surface area (Å²) in [6.07, 6.45) is 0. The van der Waals surface area contributed by atoms with E-state index < -0.39 is 5.97 Å². The van der Waals surface area contributed by atoms with Gasteiger partial charge in [0.15, 0.2) is 11.5 Å². The predicted octanol–water partition coefficient (Wildman–Crippen LogP) is 3.81. The minimum Gasteiger partial charge on any atom is -0.493 e. The average Bonchev–Trinajstić information content (AvgIpc) is 2.61. The van der Waals surface area contributed by atoms with Crippen LogP contribution in [0.25, 0.3) is 10.8 Å². The third-order valence-electron chi connectivity index (χ3n) is 3.34. The van der Waals surface area contributed by atoms with Gasteiger partial charge in [-0.1, -0.05) is 54.5 Å². The van der Waals surface area contributed by atoms with Crippen LogP contribution >= 0.6 is 0 Å². The molecule has 0 saturated heterocycles. The number of hydrogen-bond donors (Lipinski definition) is 0. The van der Waals surface area contributed by atoms with Crippen LogP contribution in [0.5, 0.6) is 11.5 Å². The van der Waals surface area contributed by atoms with Crippen LogP contribution < -0.4 is 9.47 Å². The van der Waals surface area contributed by atoms with Crippen LogP contribution in [0.15, 0.2) is 66.7 Å². The molecule has 0 amide bonds. The van der Waals surface area contributed by atoms with Gasteiger partial charge in [0, 0.05) is 16.9 Å². The van der Waals surface area contributed by atoms with E-state index in [4.69, 9.17) is 9.47 Å². The van der Waals surface area contributed by atoms with Crippen LogP contribution in [0.1, 0.15) is 5.56 Å². The molecule has 0 radical (unpaired) electrons. The number of methoxy groups -OCH3 is 1. The third kappa shape index (κ3) is 3.33. The number of fused-ring (bicyclic) bond motifs is 1.